The van der Waals surface area contributed by atoms with Crippen LogP contribution in [0.3, 0.4) is 0 Å². The van der Waals surface area contributed by atoms with Crippen molar-refractivity contribution in [3.05, 3.63) is 51.4 Å². The van der Waals surface area contributed by atoms with Gasteiger partial charge in [-0.05, 0) is 37.3 Å². The molecule has 27 heavy (non-hydrogen) atoms. The first-order valence-electron chi connectivity index (χ1n) is 8.38. The molecule has 1 aliphatic heterocycles. The van der Waals surface area contributed by atoms with Gasteiger partial charge in [-0.1, -0.05) is 12.1 Å². The van der Waals surface area contributed by atoms with E-state index in [2.05, 4.69) is 5.32 Å². The topological polar surface area (TPSA) is 110 Å². The minimum absolute atomic E-state index is 0.0512. The Morgan fingerprint density at radius 1 is 1.30 bits per heavy atom. The van der Waals surface area contributed by atoms with E-state index in [1.54, 1.807) is 36.6 Å². The van der Waals surface area contributed by atoms with Gasteiger partial charge in [-0.15, -0.1) is 11.3 Å². The highest BCUT2D eigenvalue weighted by atomic mass is 32.2. The fourth-order valence-electron chi connectivity index (χ4n) is 3.02. The fraction of sp³-hybridized carbons (Fsp3) is 0.353. The van der Waals surface area contributed by atoms with Crippen molar-refractivity contribution in [2.45, 2.75) is 24.0 Å². The van der Waals surface area contributed by atoms with Crippen LogP contribution in [0, 0.1) is 23.0 Å². The number of hydrogen-bond acceptors (Lipinski definition) is 6. The van der Waals surface area contributed by atoms with E-state index in [0.717, 1.165) is 0 Å². The molecule has 2 aromatic rings. The molecule has 10 heteroatoms. The van der Waals surface area contributed by atoms with E-state index in [1.807, 2.05) is 0 Å². The van der Waals surface area contributed by atoms with E-state index in [-0.39, 0.29) is 30.6 Å². The lowest BCUT2D eigenvalue weighted by atomic mass is 9.97. The summed E-state index contributed by atoms with van der Waals surface area (Å²) >= 11 is 1.17. The van der Waals surface area contributed by atoms with Crippen LogP contribution >= 0.6 is 11.3 Å². The van der Waals surface area contributed by atoms with E-state index < -0.39 is 14.9 Å². The molecule has 1 saturated heterocycles. The van der Waals surface area contributed by atoms with Gasteiger partial charge in [0.1, 0.15) is 4.21 Å². The minimum Gasteiger partial charge on any atom is -0.326 e. The van der Waals surface area contributed by atoms with Gasteiger partial charge in [-0.2, -0.15) is 4.31 Å². The first-order chi connectivity index (χ1) is 12.8. The van der Waals surface area contributed by atoms with Gasteiger partial charge in [0, 0.05) is 36.3 Å². The van der Waals surface area contributed by atoms with Crippen LogP contribution in [0.1, 0.15) is 18.4 Å². The third kappa shape index (κ3) is 4.18. The normalized spacial score (nSPS) is 16.2. The third-order valence-corrected chi connectivity index (χ3v) is 7.86. The molecule has 3 rings (SSSR count). The number of nitrogens with one attached hydrogen (secondary N) is 1. The Kier molecular flexibility index (Phi) is 5.59. The molecule has 144 valence electrons. The highest BCUT2D eigenvalue weighted by Crippen LogP contribution is 2.28. The number of nitro benzene ring substituents is 1. The number of thiophene rings is 1. The van der Waals surface area contributed by atoms with E-state index in [1.165, 1.54) is 21.7 Å². The summed E-state index contributed by atoms with van der Waals surface area (Å²) in [7, 11) is -3.50. The number of nitrogens with zero attached hydrogens (tertiary/aromatic N) is 2. The van der Waals surface area contributed by atoms with E-state index in [0.29, 0.717) is 28.3 Å². The Bertz CT molecular complexity index is 949. The summed E-state index contributed by atoms with van der Waals surface area (Å²) in [4.78, 5) is 23.0. The highest BCUT2D eigenvalue weighted by Gasteiger charge is 2.32. The van der Waals surface area contributed by atoms with Crippen LogP contribution in [0.2, 0.25) is 0 Å². The Morgan fingerprint density at radius 3 is 2.59 bits per heavy atom. The number of amides is 1. The lowest BCUT2D eigenvalue weighted by Crippen LogP contribution is -2.41. The van der Waals surface area contributed by atoms with Crippen LogP contribution in [0.15, 0.2) is 39.9 Å². The second kappa shape index (κ2) is 7.75. The Labute approximate surface area is 161 Å². The van der Waals surface area contributed by atoms with Crippen molar-refractivity contribution in [1.29, 1.82) is 0 Å². The van der Waals surface area contributed by atoms with Crippen LogP contribution in [0.25, 0.3) is 0 Å². The number of sulfonamides is 1. The average molecular weight is 409 g/mol. The fourth-order valence-corrected chi connectivity index (χ4v) is 5.64. The maximum absolute atomic E-state index is 12.5. The van der Waals surface area contributed by atoms with Gasteiger partial charge in [0.15, 0.2) is 0 Å². The second-order valence-electron chi connectivity index (χ2n) is 6.36. The summed E-state index contributed by atoms with van der Waals surface area (Å²) in [5, 5.41) is 15.4. The van der Waals surface area contributed by atoms with Crippen molar-refractivity contribution < 1.29 is 18.1 Å². The van der Waals surface area contributed by atoms with Crippen LogP contribution < -0.4 is 5.32 Å². The number of hydrogen-bond donors (Lipinski definition) is 1. The van der Waals surface area contributed by atoms with Gasteiger partial charge in [-0.25, -0.2) is 8.42 Å². The predicted octanol–water partition coefficient (Wildman–Crippen LogP) is 3.00. The summed E-state index contributed by atoms with van der Waals surface area (Å²) in [5.41, 5.74) is 0.834. The van der Waals surface area contributed by atoms with Gasteiger partial charge in [0.25, 0.3) is 15.7 Å². The molecule has 1 aromatic heterocycles. The molecule has 1 aromatic carbocycles. The second-order valence-corrected chi connectivity index (χ2v) is 9.47. The molecule has 2 heterocycles. The summed E-state index contributed by atoms with van der Waals surface area (Å²) in [5.74, 6) is -0.582. The van der Waals surface area contributed by atoms with Crippen LogP contribution in [0.5, 0.6) is 0 Å². The summed E-state index contributed by atoms with van der Waals surface area (Å²) in [6.07, 6.45) is 0.814. The molecular formula is C17H19N3O5S2. The zero-order chi connectivity index (χ0) is 19.6. The highest BCUT2D eigenvalue weighted by molar-refractivity contribution is 7.91. The van der Waals surface area contributed by atoms with Gasteiger partial charge in [-0.3, -0.25) is 14.9 Å². The predicted molar refractivity (Wildman–Crippen MR) is 102 cm³/mol. The maximum atomic E-state index is 12.5. The Morgan fingerprint density at radius 2 is 2.00 bits per heavy atom. The van der Waals surface area contributed by atoms with Crippen LogP contribution in [0.4, 0.5) is 11.4 Å². The van der Waals surface area contributed by atoms with Crippen molar-refractivity contribution in [1.82, 2.24) is 4.31 Å². The minimum atomic E-state index is -3.50. The number of carbonyl (C=O) groups is 1. The lowest BCUT2D eigenvalue weighted by molar-refractivity contribution is -0.385. The van der Waals surface area contributed by atoms with Crippen molar-refractivity contribution in [3.8, 4) is 0 Å². The standard InChI is InChI=1S/C17H19N3O5S2/c1-12-4-5-14(11-15(12)20(22)23)18-17(21)13-6-8-19(9-7-13)27(24,25)16-3-2-10-26-16/h2-5,10-11,13H,6-9H2,1H3,(H,18,21). The Balaban J connectivity index is 1.62. The van der Waals surface area contributed by atoms with E-state index >= 15 is 0 Å². The number of rotatable bonds is 5. The lowest BCUT2D eigenvalue weighted by Gasteiger charge is -2.30. The molecule has 8 nitrogen and oxygen atoms in total. The van der Waals surface area contributed by atoms with Gasteiger partial charge < -0.3 is 5.32 Å². The summed E-state index contributed by atoms with van der Waals surface area (Å²) in [6.45, 7) is 2.17. The van der Waals surface area contributed by atoms with E-state index in [9.17, 15) is 23.3 Å². The number of nitro groups is 1. The number of anilines is 1. The van der Waals surface area contributed by atoms with Gasteiger partial charge in [0.05, 0.1) is 4.92 Å². The molecule has 1 aliphatic rings. The van der Waals surface area contributed by atoms with Crippen LogP contribution in [-0.2, 0) is 14.8 Å². The van der Waals surface area contributed by atoms with Crippen molar-refractivity contribution in [3.63, 3.8) is 0 Å². The zero-order valence-electron chi connectivity index (χ0n) is 14.6. The summed E-state index contributed by atoms with van der Waals surface area (Å²) in [6, 6.07) is 7.81. The SMILES string of the molecule is Cc1ccc(NC(=O)C2CCN(S(=O)(=O)c3cccs3)CC2)cc1[N+](=O)[O-]. The zero-order valence-corrected chi connectivity index (χ0v) is 16.3. The molecule has 1 amide bonds. The van der Waals surface area contributed by atoms with Crippen LogP contribution in [-0.4, -0.2) is 36.6 Å². The quantitative estimate of drug-likeness (QED) is 0.603. The molecule has 0 spiro atoms. The Hall–Kier alpha value is -2.30. The van der Waals surface area contributed by atoms with Gasteiger partial charge in [0.2, 0.25) is 5.91 Å². The monoisotopic (exact) mass is 409 g/mol. The molecule has 0 saturated carbocycles. The first kappa shape index (κ1) is 19.5. The van der Waals surface area contributed by atoms with Crippen molar-refractivity contribution in [2.75, 3.05) is 18.4 Å². The maximum Gasteiger partial charge on any atom is 0.274 e. The number of piperidine rings is 1. The first-order valence-corrected chi connectivity index (χ1v) is 10.7. The number of benzene rings is 1. The van der Waals surface area contributed by atoms with E-state index in [4.69, 9.17) is 0 Å². The van der Waals surface area contributed by atoms with Gasteiger partial charge >= 0.3 is 0 Å². The van der Waals surface area contributed by atoms with Crippen molar-refractivity contribution in [2.24, 2.45) is 5.92 Å². The summed E-state index contributed by atoms with van der Waals surface area (Å²) < 4.78 is 26.7. The molecule has 0 aliphatic carbocycles. The van der Waals surface area contributed by atoms with Crippen molar-refractivity contribution >= 4 is 38.6 Å². The molecule has 1 N–H and O–H groups in total. The smallest absolute Gasteiger partial charge is 0.274 e. The molecule has 0 radical (unpaired) electrons. The molecule has 1 fully saturated rings. The molecule has 0 atom stereocenters. The third-order valence-electron chi connectivity index (χ3n) is 4.59. The number of carbonyl (C=O) groups excluding carboxylic acids is 1. The molecule has 0 unspecified atom stereocenters. The average Bonchev–Trinajstić information content (AvgIpc) is 3.19. The molecular weight excluding hydrogens is 390 g/mol. The number of aryl methyl sites for hydroxylation is 1. The largest absolute Gasteiger partial charge is 0.326 e. The molecule has 0 bridgehead atoms.